The normalized spacial score (nSPS) is 17.0. The molecule has 15 heteroatoms. The van der Waals surface area contributed by atoms with Gasteiger partial charge in [-0.3, -0.25) is 23.9 Å². The zero-order valence-corrected chi connectivity index (χ0v) is 19.9. The fourth-order valence-corrected chi connectivity index (χ4v) is 2.72. The first kappa shape index (κ1) is 31.3. The van der Waals surface area contributed by atoms with E-state index in [0.29, 0.717) is 12.8 Å². The van der Waals surface area contributed by atoms with Gasteiger partial charge in [-0.25, -0.2) is 4.79 Å². The number of aromatic amines is 1. The number of carboxylic acid groups (broad SMARTS) is 1. The molecule has 1 aliphatic heterocycles. The van der Waals surface area contributed by atoms with Gasteiger partial charge in [-0.1, -0.05) is 25.7 Å². The lowest BCUT2D eigenvalue weighted by atomic mass is 10.2. The maximum Gasteiger partial charge on any atom is 0.471 e. The first-order chi connectivity index (χ1) is 16.0. The van der Waals surface area contributed by atoms with E-state index in [1.807, 2.05) is 13.8 Å². The van der Waals surface area contributed by atoms with Crippen molar-refractivity contribution in [2.24, 2.45) is 0 Å². The summed E-state index contributed by atoms with van der Waals surface area (Å²) in [6, 6.07) is 0. The Morgan fingerprint density at radius 2 is 1.97 bits per heavy atom. The lowest BCUT2D eigenvalue weighted by Crippen LogP contribution is -2.37. The molecule has 2 rings (SSSR count). The minimum atomic E-state index is -5.02. The molecule has 0 saturated carbocycles. The molecule has 1 amide bonds. The Bertz CT molecular complexity index is 964. The minimum Gasteiger partial charge on any atom is -0.481 e. The SMILES string of the molecule is CC.CC(=O)O.COPOCC1CCC(n2cc(C#CCNC(=O)C(F)(F)F)c(=O)[nH]c2=O)O1. The highest BCUT2D eigenvalue weighted by atomic mass is 31.1. The largest absolute Gasteiger partial charge is 0.481 e. The summed E-state index contributed by atoms with van der Waals surface area (Å²) in [4.78, 5) is 45.6. The molecule has 11 nitrogen and oxygen atoms in total. The van der Waals surface area contributed by atoms with Crippen molar-refractivity contribution in [3.8, 4) is 11.8 Å². The Hall–Kier alpha value is -2.72. The fraction of sp³-hybridized carbons (Fsp3) is 0.579. The van der Waals surface area contributed by atoms with Gasteiger partial charge in [0.2, 0.25) is 0 Å². The number of carboxylic acids is 1. The first-order valence-electron chi connectivity index (χ1n) is 9.89. The van der Waals surface area contributed by atoms with Gasteiger partial charge in [0.1, 0.15) is 11.8 Å². The number of nitrogens with zero attached hydrogens (tertiary/aromatic N) is 1. The van der Waals surface area contributed by atoms with Crippen LogP contribution in [0.3, 0.4) is 0 Å². The average Bonchev–Trinajstić information content (AvgIpc) is 3.21. The van der Waals surface area contributed by atoms with Crippen molar-refractivity contribution >= 4 is 20.9 Å². The molecule has 3 N–H and O–H groups in total. The molecule has 0 aliphatic carbocycles. The van der Waals surface area contributed by atoms with Crippen molar-refractivity contribution in [1.82, 2.24) is 14.9 Å². The Labute approximate surface area is 194 Å². The van der Waals surface area contributed by atoms with E-state index in [1.165, 1.54) is 13.3 Å². The van der Waals surface area contributed by atoms with Crippen molar-refractivity contribution < 1.29 is 41.7 Å². The Balaban J connectivity index is 0.00000164. The van der Waals surface area contributed by atoms with Crippen LogP contribution in [0.1, 0.15) is 45.4 Å². The molecule has 1 fully saturated rings. The third-order valence-corrected chi connectivity index (χ3v) is 4.04. The first-order valence-corrected chi connectivity index (χ1v) is 10.7. The Morgan fingerprint density at radius 1 is 1.35 bits per heavy atom. The van der Waals surface area contributed by atoms with Gasteiger partial charge in [-0.2, -0.15) is 13.2 Å². The fourth-order valence-electron chi connectivity index (χ4n) is 2.35. The van der Waals surface area contributed by atoms with Crippen molar-refractivity contribution in [2.75, 3.05) is 20.3 Å². The average molecular weight is 513 g/mol. The van der Waals surface area contributed by atoms with Crippen LogP contribution in [0, 0.1) is 11.8 Å². The second kappa shape index (κ2) is 16.0. The molecule has 1 aromatic heterocycles. The van der Waals surface area contributed by atoms with Gasteiger partial charge in [-0.15, -0.1) is 0 Å². The van der Waals surface area contributed by atoms with Crippen LogP contribution in [0.2, 0.25) is 0 Å². The summed E-state index contributed by atoms with van der Waals surface area (Å²) in [5, 5.41) is 8.97. The molecule has 34 heavy (non-hydrogen) atoms. The van der Waals surface area contributed by atoms with Crippen molar-refractivity contribution in [3.63, 3.8) is 0 Å². The van der Waals surface area contributed by atoms with Crippen molar-refractivity contribution in [2.45, 2.75) is 52.1 Å². The number of carbonyl (C=O) groups is 2. The van der Waals surface area contributed by atoms with E-state index in [4.69, 9.17) is 23.7 Å². The molecule has 1 aromatic rings. The number of aromatic nitrogens is 2. The molecule has 0 aromatic carbocycles. The summed E-state index contributed by atoms with van der Waals surface area (Å²) in [5.74, 6) is 1.60. The van der Waals surface area contributed by atoms with Crippen molar-refractivity contribution in [3.05, 3.63) is 32.6 Å². The zero-order valence-electron chi connectivity index (χ0n) is 18.9. The molecule has 1 saturated heterocycles. The topological polar surface area (TPSA) is 149 Å². The summed E-state index contributed by atoms with van der Waals surface area (Å²) < 4.78 is 53.1. The monoisotopic (exact) mass is 513 g/mol. The molecule has 0 spiro atoms. The number of hydrogen-bond donors (Lipinski definition) is 3. The number of alkyl halides is 3. The van der Waals surface area contributed by atoms with E-state index < -0.39 is 42.1 Å². The predicted molar refractivity (Wildman–Crippen MR) is 116 cm³/mol. The number of nitrogens with one attached hydrogen (secondary N) is 2. The molecule has 1 aliphatic rings. The number of ether oxygens (including phenoxy) is 1. The maximum absolute atomic E-state index is 12.1. The molecule has 2 heterocycles. The Kier molecular flexibility index (Phi) is 14.7. The quantitative estimate of drug-likeness (QED) is 0.295. The summed E-state index contributed by atoms with van der Waals surface area (Å²) in [5.41, 5.74) is -1.65. The second-order valence-corrected chi connectivity index (χ2v) is 6.96. The molecule has 0 radical (unpaired) electrons. The van der Waals surface area contributed by atoms with Crippen LogP contribution in [0.5, 0.6) is 0 Å². The van der Waals surface area contributed by atoms with E-state index in [2.05, 4.69) is 16.8 Å². The predicted octanol–water partition coefficient (Wildman–Crippen LogP) is 1.53. The highest BCUT2D eigenvalue weighted by molar-refractivity contribution is 7.26. The third-order valence-electron chi connectivity index (χ3n) is 3.59. The lowest BCUT2D eigenvalue weighted by molar-refractivity contribution is -0.173. The van der Waals surface area contributed by atoms with Crippen LogP contribution in [0.25, 0.3) is 0 Å². The molecule has 192 valence electrons. The summed E-state index contributed by atoms with van der Waals surface area (Å²) in [6.07, 6.45) is -3.63. The van der Waals surface area contributed by atoms with Gasteiger partial charge in [0.15, 0.2) is 9.03 Å². The number of halogens is 3. The van der Waals surface area contributed by atoms with Gasteiger partial charge < -0.3 is 24.2 Å². The van der Waals surface area contributed by atoms with Crippen LogP contribution in [-0.2, 0) is 23.4 Å². The summed E-state index contributed by atoms with van der Waals surface area (Å²) in [6.45, 7) is 4.75. The maximum atomic E-state index is 12.1. The van der Waals surface area contributed by atoms with Crippen LogP contribution < -0.4 is 16.6 Å². The van der Waals surface area contributed by atoms with E-state index in [1.54, 1.807) is 5.32 Å². The van der Waals surface area contributed by atoms with Gasteiger partial charge >= 0.3 is 17.8 Å². The number of amides is 1. The van der Waals surface area contributed by atoms with Crippen LogP contribution in [0.4, 0.5) is 13.2 Å². The summed E-state index contributed by atoms with van der Waals surface area (Å²) >= 11 is 0. The third kappa shape index (κ3) is 11.9. The number of hydrogen-bond acceptors (Lipinski definition) is 7. The highest BCUT2D eigenvalue weighted by Gasteiger charge is 2.38. The molecule has 3 unspecified atom stereocenters. The van der Waals surface area contributed by atoms with E-state index in [9.17, 15) is 27.6 Å². The highest BCUT2D eigenvalue weighted by Crippen LogP contribution is 2.28. The molecule has 3 atom stereocenters. The standard InChI is InChI=1S/C15H17F3N3O6P.C2H4O2.C2H6/c1-25-28-26-8-10-4-5-11(27-10)21-7-9(12(22)20-14(21)24)3-2-6-19-13(23)15(16,17)18;1-2(3)4;1-2/h7,10-11,28H,4-6,8H2,1H3,(H,19,23)(H,20,22,24);1H3,(H,3,4);1-2H3. The summed E-state index contributed by atoms with van der Waals surface area (Å²) in [7, 11) is 1.37. The van der Waals surface area contributed by atoms with Gasteiger partial charge in [0, 0.05) is 20.2 Å². The second-order valence-electron chi connectivity index (χ2n) is 6.10. The van der Waals surface area contributed by atoms with E-state index >= 15 is 0 Å². The van der Waals surface area contributed by atoms with Gasteiger partial charge in [0.25, 0.3) is 11.5 Å². The number of H-pyrrole nitrogens is 1. The van der Waals surface area contributed by atoms with Crippen molar-refractivity contribution in [1.29, 1.82) is 0 Å². The minimum absolute atomic E-state index is 0.127. The molecule has 0 bridgehead atoms. The van der Waals surface area contributed by atoms with Crippen LogP contribution >= 0.6 is 9.03 Å². The van der Waals surface area contributed by atoms with E-state index in [-0.39, 0.29) is 27.3 Å². The lowest BCUT2D eigenvalue weighted by Gasteiger charge is -2.15. The zero-order chi connectivity index (χ0) is 26.3. The smallest absolute Gasteiger partial charge is 0.471 e. The number of rotatable bonds is 6. The molecular formula is C19H27F3N3O8P. The van der Waals surface area contributed by atoms with Gasteiger partial charge in [-0.05, 0) is 12.8 Å². The number of aliphatic carboxylic acids is 1. The van der Waals surface area contributed by atoms with Crippen LogP contribution in [0.15, 0.2) is 15.8 Å². The molecular weight excluding hydrogens is 486 g/mol. The van der Waals surface area contributed by atoms with Gasteiger partial charge in [0.05, 0.1) is 19.3 Å². The Morgan fingerprint density at radius 3 is 2.53 bits per heavy atom. The van der Waals surface area contributed by atoms with E-state index in [0.717, 1.165) is 11.5 Å². The van der Waals surface area contributed by atoms with Crippen LogP contribution in [-0.4, -0.2) is 59.1 Å². The number of carbonyl (C=O) groups excluding carboxylic acids is 1.